The molecule has 0 aliphatic carbocycles. The fraction of sp³-hybridized carbons (Fsp3) is 0.0952. The summed E-state index contributed by atoms with van der Waals surface area (Å²) >= 11 is 7.09. The van der Waals surface area contributed by atoms with Gasteiger partial charge in [-0.3, -0.25) is 19.2 Å². The first-order valence-electron chi connectivity index (χ1n) is 9.89. The van der Waals surface area contributed by atoms with Gasteiger partial charge in [-0.05, 0) is 36.4 Å². The smallest absolute Gasteiger partial charge is 0.327 e. The van der Waals surface area contributed by atoms with Crippen LogP contribution in [-0.2, 0) is 24.4 Å². The highest BCUT2D eigenvalue weighted by Gasteiger charge is 2.41. The van der Waals surface area contributed by atoms with Crippen molar-refractivity contribution in [2.24, 2.45) is 0 Å². The number of carbonyl (C=O) groups is 3. The van der Waals surface area contributed by atoms with Crippen molar-refractivity contribution in [3.05, 3.63) is 58.6 Å². The molecule has 1 atom stereocenters. The molecular formula is C21H15N3O8S4. The number of carbonyl (C=O) groups excluding carboxylic acids is 1. The Morgan fingerprint density at radius 1 is 1.19 bits per heavy atom. The Bertz CT molecular complexity index is 1480. The number of hydrogen-bond acceptors (Lipinski definition) is 10. The molecule has 1 aromatic carbocycles. The van der Waals surface area contributed by atoms with E-state index in [1.165, 1.54) is 24.4 Å². The van der Waals surface area contributed by atoms with Gasteiger partial charge in [0.15, 0.2) is 5.13 Å². The predicted molar refractivity (Wildman–Crippen MR) is 136 cm³/mol. The Morgan fingerprint density at radius 3 is 2.53 bits per heavy atom. The summed E-state index contributed by atoms with van der Waals surface area (Å²) in [6, 6.07) is 7.49. The largest absolute Gasteiger partial charge is 0.481 e. The molecule has 186 valence electrons. The third kappa shape index (κ3) is 5.48. The second-order valence-electron chi connectivity index (χ2n) is 7.17. The molecule has 3 N–H and O–H groups in total. The summed E-state index contributed by atoms with van der Waals surface area (Å²) in [6.07, 6.45) is 2.06. The molecular weight excluding hydrogens is 551 g/mol. The lowest BCUT2D eigenvalue weighted by atomic mass is 10.2. The van der Waals surface area contributed by atoms with E-state index in [0.717, 1.165) is 28.0 Å². The second-order valence-corrected chi connectivity index (χ2v) is 11.4. The molecule has 1 saturated heterocycles. The number of aromatic nitrogens is 1. The topological polar surface area (TPSA) is 167 Å². The van der Waals surface area contributed by atoms with Gasteiger partial charge in [-0.25, -0.2) is 18.2 Å². The number of sulfonamides is 1. The van der Waals surface area contributed by atoms with E-state index in [1.54, 1.807) is 29.6 Å². The summed E-state index contributed by atoms with van der Waals surface area (Å²) < 4.78 is 33.0. The quantitative estimate of drug-likeness (QED) is 0.257. The maximum atomic E-state index is 12.8. The molecule has 4 rings (SSSR count). The Kier molecular flexibility index (Phi) is 7.26. The summed E-state index contributed by atoms with van der Waals surface area (Å²) in [5, 5.41) is 20.2. The number of benzene rings is 1. The fourth-order valence-corrected chi connectivity index (χ4v) is 6.29. The van der Waals surface area contributed by atoms with Crippen LogP contribution in [0.2, 0.25) is 0 Å². The SMILES string of the molecule is O=C(O)C[C@H](C(=O)O)N1C(=O)/C(=C/c2ccc(-c3ccc(S(=O)(=O)Nc4nccs4)cc3)o2)SC1=S. The van der Waals surface area contributed by atoms with Crippen molar-refractivity contribution in [1.82, 2.24) is 9.88 Å². The maximum Gasteiger partial charge on any atom is 0.327 e. The van der Waals surface area contributed by atoms with E-state index < -0.39 is 40.3 Å². The first kappa shape index (κ1) is 25.6. The summed E-state index contributed by atoms with van der Waals surface area (Å²) in [5.41, 5.74) is 0.572. The van der Waals surface area contributed by atoms with Crippen LogP contribution >= 0.6 is 35.3 Å². The number of carboxylic acids is 2. The number of thiazole rings is 1. The van der Waals surface area contributed by atoms with Crippen molar-refractivity contribution < 1.29 is 37.4 Å². The molecule has 1 fully saturated rings. The third-order valence-corrected chi connectivity index (χ3v) is 8.29. The summed E-state index contributed by atoms with van der Waals surface area (Å²) in [4.78, 5) is 40.0. The average Bonchev–Trinajstić information content (AvgIpc) is 3.54. The molecule has 2 aromatic heterocycles. The highest BCUT2D eigenvalue weighted by atomic mass is 32.2. The number of rotatable bonds is 9. The van der Waals surface area contributed by atoms with Gasteiger partial charge >= 0.3 is 11.9 Å². The lowest BCUT2D eigenvalue weighted by molar-refractivity contribution is -0.150. The molecule has 11 nitrogen and oxygen atoms in total. The fourth-order valence-electron chi connectivity index (χ4n) is 3.16. The van der Waals surface area contributed by atoms with E-state index in [1.807, 2.05) is 0 Å². The van der Waals surface area contributed by atoms with Crippen LogP contribution in [0.5, 0.6) is 0 Å². The van der Waals surface area contributed by atoms with Crippen LogP contribution in [0.25, 0.3) is 17.4 Å². The van der Waals surface area contributed by atoms with Gasteiger partial charge in [-0.1, -0.05) is 24.0 Å². The maximum absolute atomic E-state index is 12.8. The molecule has 3 heterocycles. The van der Waals surface area contributed by atoms with Crippen molar-refractivity contribution in [2.45, 2.75) is 17.4 Å². The van der Waals surface area contributed by atoms with E-state index in [9.17, 15) is 27.9 Å². The molecule has 0 saturated carbocycles. The van der Waals surface area contributed by atoms with Crippen LogP contribution in [-0.4, -0.2) is 56.7 Å². The first-order valence-corrected chi connectivity index (χ1v) is 13.5. The van der Waals surface area contributed by atoms with Crippen molar-refractivity contribution >= 4 is 78.7 Å². The predicted octanol–water partition coefficient (Wildman–Crippen LogP) is 3.33. The second kappa shape index (κ2) is 10.2. The molecule has 1 amide bonds. The van der Waals surface area contributed by atoms with Crippen LogP contribution in [0.3, 0.4) is 0 Å². The Hall–Kier alpha value is -3.53. The van der Waals surface area contributed by atoms with Gasteiger partial charge in [0, 0.05) is 23.2 Å². The number of carboxylic acid groups (broad SMARTS) is 2. The number of nitrogens with zero attached hydrogens (tertiary/aromatic N) is 2. The number of nitrogens with one attached hydrogen (secondary N) is 1. The number of thioether (sulfide) groups is 1. The minimum atomic E-state index is -3.81. The van der Waals surface area contributed by atoms with Crippen molar-refractivity contribution in [3.63, 3.8) is 0 Å². The Labute approximate surface area is 217 Å². The Morgan fingerprint density at radius 2 is 1.92 bits per heavy atom. The molecule has 3 aromatic rings. The monoisotopic (exact) mass is 565 g/mol. The first-order chi connectivity index (χ1) is 17.0. The number of amides is 1. The van der Waals surface area contributed by atoms with Gasteiger partial charge in [0.2, 0.25) is 0 Å². The Balaban J connectivity index is 1.51. The summed E-state index contributed by atoms with van der Waals surface area (Å²) in [6.45, 7) is 0. The molecule has 0 unspecified atom stereocenters. The van der Waals surface area contributed by atoms with E-state index >= 15 is 0 Å². The van der Waals surface area contributed by atoms with Crippen LogP contribution in [0.4, 0.5) is 5.13 Å². The number of thiocarbonyl (C=S) groups is 1. The zero-order valence-electron chi connectivity index (χ0n) is 17.9. The standard InChI is InChI=1S/C21H15N3O8S4/c25-17(26)10-14(19(28)29)24-18(27)16(35-21(24)33)9-12-3-6-15(32-12)11-1-4-13(5-2-11)36(30,31)23-20-22-7-8-34-20/h1-9,14H,10H2,(H,22,23)(H,25,26)(H,28,29)/b16-9-/t14-/m1/s1. The van der Waals surface area contributed by atoms with Gasteiger partial charge in [0.1, 0.15) is 21.9 Å². The van der Waals surface area contributed by atoms with Gasteiger partial charge in [-0.2, -0.15) is 0 Å². The van der Waals surface area contributed by atoms with Gasteiger partial charge in [-0.15, -0.1) is 11.3 Å². The van der Waals surface area contributed by atoms with Crippen molar-refractivity contribution in [2.75, 3.05) is 4.72 Å². The summed E-state index contributed by atoms with van der Waals surface area (Å²) in [7, 11) is -3.81. The van der Waals surface area contributed by atoms with Crippen molar-refractivity contribution in [1.29, 1.82) is 0 Å². The van der Waals surface area contributed by atoms with Gasteiger partial charge < -0.3 is 14.6 Å². The molecule has 0 bridgehead atoms. The highest BCUT2D eigenvalue weighted by Crippen LogP contribution is 2.35. The molecule has 15 heteroatoms. The zero-order valence-corrected chi connectivity index (χ0v) is 21.1. The van der Waals surface area contributed by atoms with Crippen LogP contribution < -0.4 is 4.72 Å². The lowest BCUT2D eigenvalue weighted by Crippen LogP contribution is -2.45. The number of furan rings is 1. The number of anilines is 1. The van der Waals surface area contributed by atoms with Crippen LogP contribution in [0, 0.1) is 0 Å². The van der Waals surface area contributed by atoms with Crippen LogP contribution in [0.1, 0.15) is 12.2 Å². The van der Waals surface area contributed by atoms with Crippen molar-refractivity contribution in [3.8, 4) is 11.3 Å². The molecule has 1 aliphatic heterocycles. The number of aliphatic carboxylic acids is 2. The third-order valence-electron chi connectivity index (χ3n) is 4.79. The molecule has 0 radical (unpaired) electrons. The molecule has 0 spiro atoms. The highest BCUT2D eigenvalue weighted by molar-refractivity contribution is 8.26. The minimum absolute atomic E-state index is 0.0336. The van der Waals surface area contributed by atoms with E-state index in [2.05, 4.69) is 9.71 Å². The van der Waals surface area contributed by atoms with Crippen LogP contribution in [0.15, 0.2) is 62.2 Å². The molecule has 1 aliphatic rings. The normalized spacial score (nSPS) is 15.9. The number of hydrogen-bond donors (Lipinski definition) is 3. The van der Waals surface area contributed by atoms with E-state index in [4.69, 9.17) is 21.7 Å². The van der Waals surface area contributed by atoms with Gasteiger partial charge in [0.25, 0.3) is 15.9 Å². The lowest BCUT2D eigenvalue weighted by Gasteiger charge is -2.21. The minimum Gasteiger partial charge on any atom is -0.481 e. The van der Waals surface area contributed by atoms with Gasteiger partial charge in [0.05, 0.1) is 16.2 Å². The van der Waals surface area contributed by atoms with E-state index in [0.29, 0.717) is 11.3 Å². The molecule has 36 heavy (non-hydrogen) atoms. The zero-order chi connectivity index (χ0) is 26.0. The summed E-state index contributed by atoms with van der Waals surface area (Å²) in [5.74, 6) is -2.95. The van der Waals surface area contributed by atoms with E-state index in [-0.39, 0.29) is 25.0 Å². The average molecular weight is 566 g/mol.